The molecule has 0 aromatic heterocycles. The number of carboxylic acids is 1. The van der Waals surface area contributed by atoms with Crippen molar-refractivity contribution in [3.05, 3.63) is 29.3 Å². The second kappa shape index (κ2) is 7.26. The van der Waals surface area contributed by atoms with Gasteiger partial charge in [0.2, 0.25) is 0 Å². The molecule has 0 aliphatic rings. The van der Waals surface area contributed by atoms with Gasteiger partial charge in [0.25, 0.3) is 0 Å². The molecule has 0 saturated carbocycles. The molecule has 0 bridgehead atoms. The van der Waals surface area contributed by atoms with Crippen LogP contribution in [0.2, 0.25) is 0 Å². The fourth-order valence-electron chi connectivity index (χ4n) is 1.60. The molecule has 1 aromatic rings. The van der Waals surface area contributed by atoms with Crippen LogP contribution in [0.4, 0.5) is 4.39 Å². The van der Waals surface area contributed by atoms with Crippen molar-refractivity contribution >= 4 is 16.8 Å². The molecule has 0 saturated heterocycles. The predicted molar refractivity (Wildman–Crippen MR) is 69.2 cm³/mol. The lowest BCUT2D eigenvalue weighted by molar-refractivity contribution is 0.0696. The SMILES string of the molecule is Cc1ccc(S(=O)CCCCCF)cc1C(=O)O. The van der Waals surface area contributed by atoms with Crippen LogP contribution in [-0.2, 0) is 10.8 Å². The van der Waals surface area contributed by atoms with E-state index in [-0.39, 0.29) is 12.2 Å². The lowest BCUT2D eigenvalue weighted by atomic mass is 10.1. The molecule has 3 nitrogen and oxygen atoms in total. The van der Waals surface area contributed by atoms with E-state index < -0.39 is 16.8 Å². The zero-order valence-corrected chi connectivity index (χ0v) is 11.1. The van der Waals surface area contributed by atoms with Crippen molar-refractivity contribution in [1.82, 2.24) is 0 Å². The Morgan fingerprint density at radius 1 is 1.33 bits per heavy atom. The molecule has 1 atom stereocenters. The van der Waals surface area contributed by atoms with Crippen LogP contribution < -0.4 is 0 Å². The molecule has 18 heavy (non-hydrogen) atoms. The highest BCUT2D eigenvalue weighted by atomic mass is 32.2. The third-order valence-electron chi connectivity index (χ3n) is 2.67. The summed E-state index contributed by atoms with van der Waals surface area (Å²) in [6, 6.07) is 4.81. The number of rotatable bonds is 7. The van der Waals surface area contributed by atoms with Gasteiger partial charge in [0.15, 0.2) is 0 Å². The molecule has 0 aliphatic heterocycles. The minimum absolute atomic E-state index is 0.185. The number of hydrogen-bond acceptors (Lipinski definition) is 2. The van der Waals surface area contributed by atoms with Crippen molar-refractivity contribution in [3.8, 4) is 0 Å². The maximum atomic E-state index is 11.9. The van der Waals surface area contributed by atoms with Gasteiger partial charge in [-0.2, -0.15) is 0 Å². The molecule has 1 rings (SSSR count). The number of aryl methyl sites for hydroxylation is 1. The molecule has 100 valence electrons. The van der Waals surface area contributed by atoms with E-state index in [0.29, 0.717) is 35.5 Å². The monoisotopic (exact) mass is 272 g/mol. The lowest BCUT2D eigenvalue weighted by Gasteiger charge is -2.05. The topological polar surface area (TPSA) is 54.4 Å². The summed E-state index contributed by atoms with van der Waals surface area (Å²) in [6.45, 7) is 1.36. The van der Waals surface area contributed by atoms with E-state index in [1.54, 1.807) is 19.1 Å². The van der Waals surface area contributed by atoms with E-state index in [9.17, 15) is 13.4 Å². The van der Waals surface area contributed by atoms with Gasteiger partial charge in [0.1, 0.15) is 0 Å². The summed E-state index contributed by atoms with van der Waals surface area (Å²) >= 11 is 0. The Balaban J connectivity index is 2.68. The first-order valence-electron chi connectivity index (χ1n) is 5.84. The van der Waals surface area contributed by atoms with Crippen molar-refractivity contribution < 1.29 is 18.5 Å². The minimum Gasteiger partial charge on any atom is -0.478 e. The molecule has 0 fully saturated rings. The van der Waals surface area contributed by atoms with E-state index in [0.717, 1.165) is 0 Å². The van der Waals surface area contributed by atoms with Crippen molar-refractivity contribution in [2.45, 2.75) is 31.1 Å². The molecule has 5 heteroatoms. The molecule has 0 spiro atoms. The van der Waals surface area contributed by atoms with Gasteiger partial charge in [0.05, 0.1) is 23.0 Å². The van der Waals surface area contributed by atoms with E-state index in [2.05, 4.69) is 0 Å². The van der Waals surface area contributed by atoms with Crippen LogP contribution in [0.3, 0.4) is 0 Å². The average Bonchev–Trinajstić information content (AvgIpc) is 2.34. The minimum atomic E-state index is -1.21. The maximum absolute atomic E-state index is 11.9. The van der Waals surface area contributed by atoms with E-state index in [1.807, 2.05) is 0 Å². The Hall–Kier alpha value is -1.23. The van der Waals surface area contributed by atoms with Crippen LogP contribution in [0.25, 0.3) is 0 Å². The summed E-state index contributed by atoms with van der Waals surface area (Å²) in [7, 11) is -1.21. The predicted octanol–water partition coefficient (Wildman–Crippen LogP) is 2.94. The largest absolute Gasteiger partial charge is 0.478 e. The molecular weight excluding hydrogens is 255 g/mol. The number of benzene rings is 1. The molecule has 0 radical (unpaired) electrons. The Morgan fingerprint density at radius 2 is 2.06 bits per heavy atom. The van der Waals surface area contributed by atoms with E-state index in [1.165, 1.54) is 6.07 Å². The van der Waals surface area contributed by atoms with Crippen LogP contribution >= 0.6 is 0 Å². The first kappa shape index (κ1) is 14.8. The Morgan fingerprint density at radius 3 is 2.67 bits per heavy atom. The zero-order valence-electron chi connectivity index (χ0n) is 10.3. The van der Waals surface area contributed by atoms with Gasteiger partial charge in [-0.25, -0.2) is 4.79 Å². The fourth-order valence-corrected chi connectivity index (χ4v) is 2.77. The Kier molecular flexibility index (Phi) is 5.98. The van der Waals surface area contributed by atoms with E-state index in [4.69, 9.17) is 5.11 Å². The van der Waals surface area contributed by atoms with Crippen molar-refractivity contribution in [3.63, 3.8) is 0 Å². The number of unbranched alkanes of at least 4 members (excludes halogenated alkanes) is 2. The Bertz CT molecular complexity index is 446. The summed E-state index contributed by atoms with van der Waals surface area (Å²) in [4.78, 5) is 11.5. The third kappa shape index (κ3) is 4.22. The molecule has 1 aromatic carbocycles. The van der Waals surface area contributed by atoms with Gasteiger partial charge in [-0.15, -0.1) is 0 Å². The van der Waals surface area contributed by atoms with Crippen LogP contribution in [0, 0.1) is 6.92 Å². The van der Waals surface area contributed by atoms with Crippen LogP contribution in [-0.4, -0.2) is 27.7 Å². The maximum Gasteiger partial charge on any atom is 0.335 e. The summed E-state index contributed by atoms with van der Waals surface area (Å²) in [6.07, 6.45) is 1.89. The first-order chi connectivity index (χ1) is 8.56. The first-order valence-corrected chi connectivity index (χ1v) is 7.16. The van der Waals surface area contributed by atoms with Crippen LogP contribution in [0.1, 0.15) is 35.2 Å². The fraction of sp³-hybridized carbons (Fsp3) is 0.462. The zero-order chi connectivity index (χ0) is 13.5. The molecule has 1 unspecified atom stereocenters. The molecule has 1 N–H and O–H groups in total. The highest BCUT2D eigenvalue weighted by Crippen LogP contribution is 2.15. The average molecular weight is 272 g/mol. The van der Waals surface area contributed by atoms with E-state index >= 15 is 0 Å². The number of hydrogen-bond donors (Lipinski definition) is 1. The number of carboxylic acid groups (broad SMARTS) is 1. The second-order valence-corrected chi connectivity index (χ2v) is 5.65. The van der Waals surface area contributed by atoms with Gasteiger partial charge < -0.3 is 5.11 Å². The number of halogens is 1. The van der Waals surface area contributed by atoms with Gasteiger partial charge >= 0.3 is 5.97 Å². The third-order valence-corrected chi connectivity index (χ3v) is 4.10. The highest BCUT2D eigenvalue weighted by Gasteiger charge is 2.11. The van der Waals surface area contributed by atoms with Crippen LogP contribution in [0.5, 0.6) is 0 Å². The summed E-state index contributed by atoms with van der Waals surface area (Å²) < 4.78 is 23.8. The van der Waals surface area contributed by atoms with Gasteiger partial charge in [-0.05, 0) is 43.9 Å². The number of carbonyl (C=O) groups is 1. The van der Waals surface area contributed by atoms with Gasteiger partial charge in [0, 0.05) is 10.6 Å². The van der Waals surface area contributed by atoms with Crippen molar-refractivity contribution in [2.24, 2.45) is 0 Å². The smallest absolute Gasteiger partial charge is 0.335 e. The summed E-state index contributed by atoms with van der Waals surface area (Å²) in [5.74, 6) is -0.564. The van der Waals surface area contributed by atoms with Gasteiger partial charge in [-0.3, -0.25) is 8.60 Å². The second-order valence-electron chi connectivity index (χ2n) is 4.08. The number of aromatic carboxylic acids is 1. The molecular formula is C13H17FO3S. The lowest BCUT2D eigenvalue weighted by Crippen LogP contribution is -2.04. The standard InChI is InChI=1S/C13H17FO3S/c1-10-5-6-11(9-12(10)13(15)16)18(17)8-4-2-3-7-14/h5-6,9H,2-4,7-8H2,1H3,(H,15,16). The summed E-state index contributed by atoms with van der Waals surface area (Å²) in [5, 5.41) is 8.98. The number of alkyl halides is 1. The summed E-state index contributed by atoms with van der Waals surface area (Å²) in [5.41, 5.74) is 0.838. The van der Waals surface area contributed by atoms with Crippen LogP contribution in [0.15, 0.2) is 23.1 Å². The molecule has 0 heterocycles. The normalized spacial score (nSPS) is 12.3. The highest BCUT2D eigenvalue weighted by molar-refractivity contribution is 7.85. The van der Waals surface area contributed by atoms with Crippen molar-refractivity contribution in [1.29, 1.82) is 0 Å². The molecule has 0 aliphatic carbocycles. The molecule has 0 amide bonds. The Labute approximate surface area is 108 Å². The quantitative estimate of drug-likeness (QED) is 0.776. The van der Waals surface area contributed by atoms with Crippen molar-refractivity contribution in [2.75, 3.05) is 12.4 Å². The van der Waals surface area contributed by atoms with Gasteiger partial charge in [-0.1, -0.05) is 6.07 Å².